The van der Waals surface area contributed by atoms with Gasteiger partial charge in [0.25, 0.3) is 5.69 Å². The average Bonchev–Trinajstić information content (AvgIpc) is 2.46. The van der Waals surface area contributed by atoms with Crippen molar-refractivity contribution in [2.45, 2.75) is 23.8 Å². The van der Waals surface area contributed by atoms with Crippen LogP contribution in [0.5, 0.6) is 5.75 Å². The third-order valence-electron chi connectivity index (χ3n) is 3.47. The Morgan fingerprint density at radius 1 is 1.36 bits per heavy atom. The van der Waals surface area contributed by atoms with Gasteiger partial charge in [0.2, 0.25) is 10.0 Å². The number of nitrogens with zero attached hydrogens (tertiary/aromatic N) is 2. The molecule has 0 radical (unpaired) electrons. The van der Waals surface area contributed by atoms with E-state index in [9.17, 15) is 18.5 Å². The summed E-state index contributed by atoms with van der Waals surface area (Å²) >= 11 is 0. The Bertz CT molecular complexity index is 644. The third kappa shape index (κ3) is 3.67. The minimum Gasteiger partial charge on any atom is -0.495 e. The van der Waals surface area contributed by atoms with Gasteiger partial charge in [-0.1, -0.05) is 0 Å². The molecule has 1 fully saturated rings. The van der Waals surface area contributed by atoms with Crippen LogP contribution in [0, 0.1) is 10.1 Å². The van der Waals surface area contributed by atoms with Crippen molar-refractivity contribution in [2.24, 2.45) is 5.73 Å². The lowest BCUT2D eigenvalue weighted by Gasteiger charge is -2.29. The molecule has 1 saturated heterocycles. The Morgan fingerprint density at radius 2 is 1.95 bits per heavy atom. The molecule has 22 heavy (non-hydrogen) atoms. The molecule has 1 aromatic carbocycles. The molecule has 0 unspecified atom stereocenters. The molecule has 0 spiro atoms. The van der Waals surface area contributed by atoms with Crippen molar-refractivity contribution in [1.29, 1.82) is 0 Å². The summed E-state index contributed by atoms with van der Waals surface area (Å²) in [4.78, 5) is 10.0. The van der Waals surface area contributed by atoms with Crippen LogP contribution in [0.15, 0.2) is 23.1 Å². The number of rotatable bonds is 4. The van der Waals surface area contributed by atoms with Crippen molar-refractivity contribution in [3.63, 3.8) is 0 Å². The van der Waals surface area contributed by atoms with Crippen LogP contribution in [-0.4, -0.2) is 43.9 Å². The topological polar surface area (TPSA) is 116 Å². The van der Waals surface area contributed by atoms with E-state index in [0.29, 0.717) is 25.9 Å². The van der Waals surface area contributed by atoms with E-state index in [1.807, 2.05) is 0 Å². The molecule has 1 aliphatic heterocycles. The molecular formula is C12H18ClN3O5S. The molecule has 0 aromatic heterocycles. The lowest BCUT2D eigenvalue weighted by atomic mass is 10.1. The van der Waals surface area contributed by atoms with E-state index < -0.39 is 14.9 Å². The predicted molar refractivity (Wildman–Crippen MR) is 82.9 cm³/mol. The number of hydrogen-bond acceptors (Lipinski definition) is 6. The molecular weight excluding hydrogens is 334 g/mol. The van der Waals surface area contributed by atoms with Gasteiger partial charge in [0.05, 0.1) is 12.0 Å². The van der Waals surface area contributed by atoms with Gasteiger partial charge < -0.3 is 10.5 Å². The molecule has 8 nitrogen and oxygen atoms in total. The number of ether oxygens (including phenoxy) is 1. The van der Waals surface area contributed by atoms with Crippen LogP contribution >= 0.6 is 12.4 Å². The van der Waals surface area contributed by atoms with Crippen molar-refractivity contribution < 1.29 is 18.1 Å². The number of nitrogens with two attached hydrogens (primary N) is 1. The van der Waals surface area contributed by atoms with Gasteiger partial charge in [0.15, 0.2) is 0 Å². The van der Waals surface area contributed by atoms with E-state index in [-0.39, 0.29) is 34.8 Å². The molecule has 0 amide bonds. The molecule has 1 aliphatic rings. The second-order valence-corrected chi connectivity index (χ2v) is 6.74. The summed E-state index contributed by atoms with van der Waals surface area (Å²) in [5, 5.41) is 10.8. The van der Waals surface area contributed by atoms with Gasteiger partial charge in [-0.25, -0.2) is 8.42 Å². The first-order valence-corrected chi connectivity index (χ1v) is 7.88. The van der Waals surface area contributed by atoms with Crippen LogP contribution in [-0.2, 0) is 10.0 Å². The molecule has 0 aliphatic carbocycles. The van der Waals surface area contributed by atoms with Crippen LogP contribution in [0.2, 0.25) is 0 Å². The quantitative estimate of drug-likeness (QED) is 0.642. The smallest absolute Gasteiger partial charge is 0.271 e. The van der Waals surface area contributed by atoms with Gasteiger partial charge in [-0.3, -0.25) is 10.1 Å². The summed E-state index contributed by atoms with van der Waals surface area (Å²) in [5.41, 5.74) is 5.47. The fourth-order valence-electron chi connectivity index (χ4n) is 2.24. The highest BCUT2D eigenvalue weighted by Crippen LogP contribution is 2.31. The highest BCUT2D eigenvalue weighted by Gasteiger charge is 2.31. The lowest BCUT2D eigenvalue weighted by Crippen LogP contribution is -2.42. The Hall–Kier alpha value is -1.42. The average molecular weight is 352 g/mol. The summed E-state index contributed by atoms with van der Waals surface area (Å²) < 4.78 is 31.6. The normalized spacial score (nSPS) is 16.8. The first-order chi connectivity index (χ1) is 9.86. The molecule has 10 heteroatoms. The summed E-state index contributed by atoms with van der Waals surface area (Å²) in [6, 6.07) is 3.52. The van der Waals surface area contributed by atoms with Crippen LogP contribution in [0.1, 0.15) is 12.8 Å². The Labute approximate surface area is 134 Å². The maximum Gasteiger partial charge on any atom is 0.271 e. The summed E-state index contributed by atoms with van der Waals surface area (Å²) in [6.45, 7) is 0.602. The first kappa shape index (κ1) is 18.6. The fraction of sp³-hybridized carbons (Fsp3) is 0.500. The fourth-order valence-corrected chi connectivity index (χ4v) is 3.88. The van der Waals surface area contributed by atoms with Crippen LogP contribution in [0.3, 0.4) is 0 Å². The van der Waals surface area contributed by atoms with Crippen molar-refractivity contribution in [1.82, 2.24) is 4.31 Å². The molecule has 2 N–H and O–H groups in total. The van der Waals surface area contributed by atoms with Crippen molar-refractivity contribution in [2.75, 3.05) is 20.2 Å². The van der Waals surface area contributed by atoms with E-state index in [1.54, 1.807) is 0 Å². The predicted octanol–water partition coefficient (Wildman–Crippen LogP) is 1.14. The molecule has 2 rings (SSSR count). The lowest BCUT2D eigenvalue weighted by molar-refractivity contribution is -0.385. The van der Waals surface area contributed by atoms with Gasteiger partial charge >= 0.3 is 0 Å². The van der Waals surface area contributed by atoms with Gasteiger partial charge in [-0.2, -0.15) is 4.31 Å². The maximum absolute atomic E-state index is 12.6. The van der Waals surface area contributed by atoms with Gasteiger partial charge in [0.1, 0.15) is 10.6 Å². The van der Waals surface area contributed by atoms with E-state index in [2.05, 4.69) is 0 Å². The number of hydrogen-bond donors (Lipinski definition) is 1. The van der Waals surface area contributed by atoms with Crippen molar-refractivity contribution in [3.8, 4) is 5.75 Å². The van der Waals surface area contributed by atoms with E-state index in [4.69, 9.17) is 10.5 Å². The highest BCUT2D eigenvalue weighted by molar-refractivity contribution is 7.89. The zero-order chi connectivity index (χ0) is 15.6. The molecule has 0 saturated carbocycles. The number of benzene rings is 1. The zero-order valence-electron chi connectivity index (χ0n) is 12.0. The summed E-state index contributed by atoms with van der Waals surface area (Å²) in [6.07, 6.45) is 1.13. The number of nitro groups is 1. The molecule has 1 heterocycles. The van der Waals surface area contributed by atoms with Crippen molar-refractivity contribution >= 4 is 28.1 Å². The molecule has 1 aromatic rings. The minimum absolute atomic E-state index is 0. The monoisotopic (exact) mass is 351 g/mol. The maximum atomic E-state index is 12.6. The first-order valence-electron chi connectivity index (χ1n) is 6.44. The number of methoxy groups -OCH3 is 1. The summed E-state index contributed by atoms with van der Waals surface area (Å²) in [7, 11) is -2.51. The van der Waals surface area contributed by atoms with Crippen LogP contribution < -0.4 is 10.5 Å². The second kappa shape index (κ2) is 7.23. The second-order valence-electron chi connectivity index (χ2n) is 4.83. The van der Waals surface area contributed by atoms with E-state index in [0.717, 1.165) is 6.07 Å². The molecule has 124 valence electrons. The third-order valence-corrected chi connectivity index (χ3v) is 5.39. The number of non-ortho nitro benzene ring substituents is 1. The SMILES string of the molecule is COc1ccc([N+](=O)[O-])cc1S(=O)(=O)N1CCC(N)CC1.Cl. The van der Waals surface area contributed by atoms with E-state index in [1.165, 1.54) is 23.5 Å². The van der Waals surface area contributed by atoms with Crippen LogP contribution in [0.25, 0.3) is 0 Å². The highest BCUT2D eigenvalue weighted by atomic mass is 35.5. The standard InChI is InChI=1S/C12H17N3O5S.ClH/c1-20-11-3-2-10(15(16)17)8-12(11)21(18,19)14-6-4-9(13)5-7-14;/h2-3,8-9H,4-7,13H2,1H3;1H. The zero-order valence-corrected chi connectivity index (χ0v) is 13.6. The number of sulfonamides is 1. The van der Waals surface area contributed by atoms with Gasteiger partial charge in [0, 0.05) is 31.3 Å². The van der Waals surface area contributed by atoms with E-state index >= 15 is 0 Å². The molecule has 0 atom stereocenters. The van der Waals surface area contributed by atoms with Gasteiger partial charge in [-0.15, -0.1) is 12.4 Å². The Morgan fingerprint density at radius 3 is 2.45 bits per heavy atom. The Kier molecular flexibility index (Phi) is 6.12. The van der Waals surface area contributed by atoms with Crippen molar-refractivity contribution in [3.05, 3.63) is 28.3 Å². The minimum atomic E-state index is -3.84. The summed E-state index contributed by atoms with van der Waals surface area (Å²) in [5.74, 6) is 0.0930. The largest absolute Gasteiger partial charge is 0.495 e. The number of nitro benzene ring substituents is 1. The van der Waals surface area contributed by atoms with Crippen LogP contribution in [0.4, 0.5) is 5.69 Å². The van der Waals surface area contributed by atoms with Gasteiger partial charge in [-0.05, 0) is 18.9 Å². The molecule has 0 bridgehead atoms. The number of halogens is 1. The Balaban J connectivity index is 0.00000242. The number of piperidine rings is 1.